The number of pyridine rings is 1. The number of nitrogens with zero attached hydrogens (tertiary/aromatic N) is 6. The molecule has 0 bridgehead atoms. The highest BCUT2D eigenvalue weighted by Gasteiger charge is 2.22. The first kappa shape index (κ1) is 17.8. The summed E-state index contributed by atoms with van der Waals surface area (Å²) in [5.41, 5.74) is 11.2. The van der Waals surface area contributed by atoms with Crippen LogP contribution in [0, 0.1) is 19.8 Å². The molecule has 1 saturated heterocycles. The second kappa shape index (κ2) is 6.66. The lowest BCUT2D eigenvalue weighted by atomic mass is 10.1. The van der Waals surface area contributed by atoms with Gasteiger partial charge in [0.2, 0.25) is 0 Å². The van der Waals surface area contributed by atoms with Gasteiger partial charge in [0.05, 0.1) is 34.5 Å². The lowest BCUT2D eigenvalue weighted by molar-refractivity contribution is 0.602. The van der Waals surface area contributed by atoms with E-state index < -0.39 is 0 Å². The van der Waals surface area contributed by atoms with Crippen molar-refractivity contribution in [1.82, 2.24) is 24.0 Å². The maximum absolute atomic E-state index is 12.8. The van der Waals surface area contributed by atoms with Gasteiger partial charge in [-0.2, -0.15) is 5.10 Å². The van der Waals surface area contributed by atoms with Crippen LogP contribution in [0.1, 0.15) is 17.8 Å². The molecular weight excluding hydrogens is 366 g/mol. The number of fused-ring (bicyclic) bond motifs is 2. The predicted octanol–water partition coefficient (Wildman–Crippen LogP) is 1.81. The molecule has 0 saturated carbocycles. The van der Waals surface area contributed by atoms with E-state index in [1.165, 1.54) is 0 Å². The van der Waals surface area contributed by atoms with E-state index in [-0.39, 0.29) is 5.56 Å². The van der Waals surface area contributed by atoms with Gasteiger partial charge in [0.15, 0.2) is 0 Å². The normalized spacial score (nSPS) is 16.9. The van der Waals surface area contributed by atoms with Crippen molar-refractivity contribution in [3.63, 3.8) is 0 Å². The first-order valence-electron chi connectivity index (χ1n) is 9.84. The summed E-state index contributed by atoms with van der Waals surface area (Å²) < 4.78 is 3.39. The molecule has 148 valence electrons. The average Bonchev–Trinajstić information content (AvgIpc) is 3.35. The van der Waals surface area contributed by atoms with Crippen LogP contribution in [0.3, 0.4) is 0 Å². The van der Waals surface area contributed by atoms with E-state index in [2.05, 4.69) is 20.0 Å². The van der Waals surface area contributed by atoms with Crippen molar-refractivity contribution in [3.8, 4) is 11.4 Å². The maximum Gasteiger partial charge on any atom is 0.258 e. The molecule has 1 aliphatic rings. The zero-order valence-corrected chi connectivity index (χ0v) is 16.5. The van der Waals surface area contributed by atoms with Gasteiger partial charge in [-0.05, 0) is 50.9 Å². The largest absolute Gasteiger partial charge is 0.370 e. The molecular formula is C21H23N7O. The van der Waals surface area contributed by atoms with E-state index >= 15 is 0 Å². The minimum Gasteiger partial charge on any atom is -0.370 e. The van der Waals surface area contributed by atoms with Gasteiger partial charge >= 0.3 is 0 Å². The molecule has 0 aromatic carbocycles. The Bertz CT molecular complexity index is 1290. The van der Waals surface area contributed by atoms with Crippen molar-refractivity contribution in [2.24, 2.45) is 11.7 Å². The van der Waals surface area contributed by atoms with E-state index in [9.17, 15) is 4.79 Å². The Balaban J connectivity index is 1.56. The molecule has 29 heavy (non-hydrogen) atoms. The van der Waals surface area contributed by atoms with Gasteiger partial charge in [-0.25, -0.2) is 9.50 Å². The van der Waals surface area contributed by atoms with Gasteiger partial charge in [0.25, 0.3) is 5.56 Å². The fourth-order valence-electron chi connectivity index (χ4n) is 4.09. The van der Waals surface area contributed by atoms with Gasteiger partial charge in [-0.15, -0.1) is 0 Å². The van der Waals surface area contributed by atoms with E-state index in [1.54, 1.807) is 15.0 Å². The molecule has 1 aliphatic heterocycles. The molecule has 5 heterocycles. The molecule has 4 aromatic heterocycles. The standard InChI is InChI=1S/C21H23N7O/c1-13-10-28-19(14(2)23-13)7-18(25-28)17-8-21(29)27-12-16(3-4-20(27)24-17)26-6-5-15(9-22)11-26/h3-4,7-8,10,12,15H,5-6,9,11,22H2,1-2H3/t15-/m0/s1. The molecule has 0 spiro atoms. The van der Waals surface area contributed by atoms with Crippen LogP contribution >= 0.6 is 0 Å². The quantitative estimate of drug-likeness (QED) is 0.574. The lowest BCUT2D eigenvalue weighted by Crippen LogP contribution is -2.24. The Kier molecular flexibility index (Phi) is 4.09. The molecule has 4 aromatic rings. The second-order valence-electron chi connectivity index (χ2n) is 7.76. The van der Waals surface area contributed by atoms with Crippen LogP contribution < -0.4 is 16.2 Å². The molecule has 1 fully saturated rings. The van der Waals surface area contributed by atoms with Crippen molar-refractivity contribution < 1.29 is 0 Å². The van der Waals surface area contributed by atoms with Crippen molar-refractivity contribution in [2.75, 3.05) is 24.5 Å². The molecule has 0 radical (unpaired) electrons. The molecule has 0 amide bonds. The number of anilines is 1. The summed E-state index contributed by atoms with van der Waals surface area (Å²) >= 11 is 0. The number of nitrogens with two attached hydrogens (primary N) is 1. The minimum absolute atomic E-state index is 0.121. The second-order valence-corrected chi connectivity index (χ2v) is 7.76. The first-order valence-corrected chi connectivity index (χ1v) is 9.84. The van der Waals surface area contributed by atoms with Gasteiger partial charge in [-0.1, -0.05) is 0 Å². The number of hydrogen-bond acceptors (Lipinski definition) is 6. The number of aryl methyl sites for hydroxylation is 2. The molecule has 1 atom stereocenters. The van der Waals surface area contributed by atoms with Crippen molar-refractivity contribution in [1.29, 1.82) is 0 Å². The van der Waals surface area contributed by atoms with Crippen LogP contribution in [0.25, 0.3) is 22.6 Å². The van der Waals surface area contributed by atoms with Gasteiger partial charge < -0.3 is 10.6 Å². The van der Waals surface area contributed by atoms with E-state index in [1.807, 2.05) is 44.4 Å². The van der Waals surface area contributed by atoms with Crippen LogP contribution in [0.15, 0.2) is 41.5 Å². The Labute approximate surface area is 167 Å². The number of aromatic nitrogens is 5. The Hall–Kier alpha value is -3.26. The van der Waals surface area contributed by atoms with Crippen LogP contribution in [0.2, 0.25) is 0 Å². The monoisotopic (exact) mass is 389 g/mol. The minimum atomic E-state index is -0.121. The summed E-state index contributed by atoms with van der Waals surface area (Å²) in [6.45, 7) is 6.47. The summed E-state index contributed by atoms with van der Waals surface area (Å²) in [6, 6.07) is 7.38. The summed E-state index contributed by atoms with van der Waals surface area (Å²) in [6.07, 6.45) is 4.83. The van der Waals surface area contributed by atoms with E-state index in [4.69, 9.17) is 5.73 Å². The van der Waals surface area contributed by atoms with Crippen molar-refractivity contribution in [3.05, 3.63) is 58.4 Å². The maximum atomic E-state index is 12.8. The number of hydrogen-bond donors (Lipinski definition) is 1. The Morgan fingerprint density at radius 1 is 1.14 bits per heavy atom. The first-order chi connectivity index (χ1) is 14.0. The third-order valence-electron chi connectivity index (χ3n) is 5.65. The van der Waals surface area contributed by atoms with E-state index in [0.29, 0.717) is 29.5 Å². The number of rotatable bonds is 3. The molecule has 0 aliphatic carbocycles. The molecule has 5 rings (SSSR count). The molecule has 0 unspecified atom stereocenters. The summed E-state index contributed by atoms with van der Waals surface area (Å²) in [5.74, 6) is 0.513. The van der Waals surface area contributed by atoms with Crippen molar-refractivity contribution in [2.45, 2.75) is 20.3 Å². The fraction of sp³-hybridized carbons (Fsp3) is 0.333. The Morgan fingerprint density at radius 2 is 2.00 bits per heavy atom. The predicted molar refractivity (Wildman–Crippen MR) is 112 cm³/mol. The van der Waals surface area contributed by atoms with Gasteiger partial charge in [-0.3, -0.25) is 14.2 Å². The average molecular weight is 389 g/mol. The summed E-state index contributed by atoms with van der Waals surface area (Å²) in [7, 11) is 0. The van der Waals surface area contributed by atoms with Crippen LogP contribution in [-0.2, 0) is 0 Å². The topological polar surface area (TPSA) is 93.8 Å². The third-order valence-corrected chi connectivity index (χ3v) is 5.65. The third kappa shape index (κ3) is 3.05. The smallest absolute Gasteiger partial charge is 0.258 e. The fourth-order valence-corrected chi connectivity index (χ4v) is 4.09. The van der Waals surface area contributed by atoms with Gasteiger partial charge in [0, 0.05) is 25.4 Å². The lowest BCUT2D eigenvalue weighted by Gasteiger charge is -2.19. The highest BCUT2D eigenvalue weighted by atomic mass is 16.1. The molecule has 8 heteroatoms. The van der Waals surface area contributed by atoms with Crippen LogP contribution in [0.4, 0.5) is 5.69 Å². The zero-order chi connectivity index (χ0) is 20.1. The Morgan fingerprint density at radius 3 is 2.79 bits per heavy atom. The molecule has 2 N–H and O–H groups in total. The molecule has 8 nitrogen and oxygen atoms in total. The SMILES string of the molecule is Cc1cn2nc(-c3cc(=O)n4cc(N5CC[C@@H](CN)C5)ccc4n3)cc2c(C)n1. The van der Waals surface area contributed by atoms with Crippen LogP contribution in [-0.4, -0.2) is 43.6 Å². The highest BCUT2D eigenvalue weighted by Crippen LogP contribution is 2.24. The summed E-state index contributed by atoms with van der Waals surface area (Å²) in [5, 5.41) is 4.60. The zero-order valence-electron chi connectivity index (χ0n) is 16.5. The van der Waals surface area contributed by atoms with E-state index in [0.717, 1.165) is 42.1 Å². The summed E-state index contributed by atoms with van der Waals surface area (Å²) in [4.78, 5) is 24.3. The van der Waals surface area contributed by atoms with Crippen LogP contribution in [0.5, 0.6) is 0 Å². The van der Waals surface area contributed by atoms with Gasteiger partial charge in [0.1, 0.15) is 11.3 Å². The van der Waals surface area contributed by atoms with Crippen molar-refractivity contribution >= 4 is 16.9 Å². The highest BCUT2D eigenvalue weighted by molar-refractivity contribution is 5.66.